The molecule has 2 atom stereocenters. The minimum absolute atomic E-state index is 0.475. The third kappa shape index (κ3) is 2.77. The lowest BCUT2D eigenvalue weighted by Crippen LogP contribution is -2.26. The summed E-state index contributed by atoms with van der Waals surface area (Å²) in [7, 11) is 0. The highest BCUT2D eigenvalue weighted by Gasteiger charge is 2.29. The Labute approximate surface area is 127 Å². The summed E-state index contributed by atoms with van der Waals surface area (Å²) in [5.41, 5.74) is 2.32. The van der Waals surface area contributed by atoms with E-state index in [2.05, 4.69) is 66.7 Å². The van der Waals surface area contributed by atoms with Crippen molar-refractivity contribution in [3.05, 3.63) is 30.1 Å². The van der Waals surface area contributed by atoms with Crippen molar-refractivity contribution in [3.63, 3.8) is 0 Å². The van der Waals surface area contributed by atoms with Crippen LogP contribution in [0.3, 0.4) is 0 Å². The van der Waals surface area contributed by atoms with E-state index < -0.39 is 0 Å². The van der Waals surface area contributed by atoms with Crippen molar-refractivity contribution in [3.8, 4) is 0 Å². The van der Waals surface area contributed by atoms with E-state index in [1.54, 1.807) is 0 Å². The van der Waals surface area contributed by atoms with Crippen molar-refractivity contribution < 1.29 is 0 Å². The average Bonchev–Trinajstić information content (AvgIpc) is 2.97. The molecule has 21 heavy (non-hydrogen) atoms. The topological polar surface area (TPSA) is 32.6 Å². The summed E-state index contributed by atoms with van der Waals surface area (Å²) in [6.45, 7) is 12.1. The van der Waals surface area contributed by atoms with Gasteiger partial charge in [0.15, 0.2) is 5.82 Å². The van der Waals surface area contributed by atoms with Crippen LogP contribution in [0.4, 0.5) is 5.82 Å². The number of nitrogens with one attached hydrogen (secondary N) is 1. The Morgan fingerprint density at radius 2 is 1.95 bits per heavy atom. The fourth-order valence-corrected chi connectivity index (χ4v) is 3.06. The summed E-state index contributed by atoms with van der Waals surface area (Å²) in [6.07, 6.45) is 2.12. The first-order valence-corrected chi connectivity index (χ1v) is 8.00. The van der Waals surface area contributed by atoms with Gasteiger partial charge in [-0.3, -0.25) is 0 Å². The standard InChI is InChI=1S/C17H26N4/c1-12(2)18-9-15-17(20-10-13(3)14(4)11-20)19-16-7-5-6-8-21(15)16/h5-8,12-14,18H,9-11H2,1-4H3. The number of rotatable bonds is 4. The molecule has 4 nitrogen and oxygen atoms in total. The molecular weight excluding hydrogens is 260 g/mol. The molecule has 1 N–H and O–H groups in total. The van der Waals surface area contributed by atoms with E-state index in [1.807, 2.05) is 0 Å². The normalized spacial score (nSPS) is 22.6. The van der Waals surface area contributed by atoms with Gasteiger partial charge in [0.25, 0.3) is 0 Å². The molecule has 2 aromatic heterocycles. The zero-order valence-electron chi connectivity index (χ0n) is 13.5. The van der Waals surface area contributed by atoms with E-state index in [0.717, 1.165) is 42.9 Å². The van der Waals surface area contributed by atoms with Crippen LogP contribution in [0.15, 0.2) is 24.4 Å². The van der Waals surface area contributed by atoms with Gasteiger partial charge in [-0.25, -0.2) is 4.98 Å². The van der Waals surface area contributed by atoms with Crippen LogP contribution < -0.4 is 10.2 Å². The van der Waals surface area contributed by atoms with Gasteiger partial charge in [-0.15, -0.1) is 0 Å². The fraction of sp³-hybridized carbons (Fsp3) is 0.588. The number of aromatic nitrogens is 2. The molecule has 1 aliphatic rings. The van der Waals surface area contributed by atoms with Gasteiger partial charge in [0, 0.05) is 31.9 Å². The minimum Gasteiger partial charge on any atom is -0.354 e. The molecule has 114 valence electrons. The summed E-state index contributed by atoms with van der Waals surface area (Å²) < 4.78 is 2.22. The summed E-state index contributed by atoms with van der Waals surface area (Å²) in [6, 6.07) is 6.70. The van der Waals surface area contributed by atoms with Crippen molar-refractivity contribution in [2.24, 2.45) is 11.8 Å². The molecule has 1 fully saturated rings. The molecule has 2 aromatic rings. The predicted octanol–water partition coefficient (Wildman–Crippen LogP) is 2.92. The monoisotopic (exact) mass is 286 g/mol. The van der Waals surface area contributed by atoms with E-state index in [0.29, 0.717) is 6.04 Å². The molecule has 0 saturated carbocycles. The van der Waals surface area contributed by atoms with Crippen LogP contribution in [0.25, 0.3) is 5.65 Å². The Morgan fingerprint density at radius 1 is 1.24 bits per heavy atom. The molecule has 0 amide bonds. The Hall–Kier alpha value is -1.55. The maximum atomic E-state index is 4.89. The smallest absolute Gasteiger partial charge is 0.152 e. The van der Waals surface area contributed by atoms with Crippen LogP contribution in [0.5, 0.6) is 0 Å². The highest BCUT2D eigenvalue weighted by atomic mass is 15.3. The van der Waals surface area contributed by atoms with Crippen molar-refractivity contribution >= 4 is 11.5 Å². The quantitative estimate of drug-likeness (QED) is 0.938. The fourth-order valence-electron chi connectivity index (χ4n) is 3.06. The lowest BCUT2D eigenvalue weighted by molar-refractivity contribution is 0.494. The summed E-state index contributed by atoms with van der Waals surface area (Å²) in [4.78, 5) is 7.35. The molecule has 3 rings (SSSR count). The largest absolute Gasteiger partial charge is 0.354 e. The molecule has 0 aliphatic carbocycles. The van der Waals surface area contributed by atoms with Crippen molar-refractivity contribution in [2.75, 3.05) is 18.0 Å². The number of pyridine rings is 1. The zero-order valence-corrected chi connectivity index (χ0v) is 13.5. The first-order valence-electron chi connectivity index (χ1n) is 8.00. The second-order valence-corrected chi connectivity index (χ2v) is 6.71. The molecule has 3 heterocycles. The lowest BCUT2D eigenvalue weighted by atomic mass is 10.0. The van der Waals surface area contributed by atoms with Crippen LogP contribution in [-0.2, 0) is 6.54 Å². The highest BCUT2D eigenvalue weighted by Crippen LogP contribution is 2.30. The van der Waals surface area contributed by atoms with Gasteiger partial charge in [-0.1, -0.05) is 33.8 Å². The van der Waals surface area contributed by atoms with Gasteiger partial charge in [0.2, 0.25) is 0 Å². The van der Waals surface area contributed by atoms with Crippen LogP contribution in [0.2, 0.25) is 0 Å². The van der Waals surface area contributed by atoms with Gasteiger partial charge in [0.1, 0.15) is 5.65 Å². The Morgan fingerprint density at radius 3 is 2.62 bits per heavy atom. The van der Waals surface area contributed by atoms with E-state index in [9.17, 15) is 0 Å². The summed E-state index contributed by atoms with van der Waals surface area (Å²) in [5.74, 6) is 2.63. The Balaban J connectivity index is 1.98. The van der Waals surface area contributed by atoms with Crippen LogP contribution in [-0.4, -0.2) is 28.5 Å². The number of hydrogen-bond donors (Lipinski definition) is 1. The molecular formula is C17H26N4. The predicted molar refractivity (Wildman–Crippen MR) is 87.7 cm³/mol. The van der Waals surface area contributed by atoms with Crippen molar-refractivity contribution in [2.45, 2.75) is 40.3 Å². The molecule has 0 spiro atoms. The number of anilines is 1. The number of imidazole rings is 1. The number of nitrogens with zero attached hydrogens (tertiary/aromatic N) is 3. The molecule has 0 aromatic carbocycles. The second-order valence-electron chi connectivity index (χ2n) is 6.71. The van der Waals surface area contributed by atoms with Gasteiger partial charge in [0.05, 0.1) is 5.69 Å². The average molecular weight is 286 g/mol. The summed E-state index contributed by atoms with van der Waals surface area (Å²) >= 11 is 0. The second kappa shape index (κ2) is 5.68. The SMILES string of the molecule is CC(C)NCc1c(N2CC(C)C(C)C2)nc2ccccn12. The maximum absolute atomic E-state index is 4.89. The number of fused-ring (bicyclic) bond motifs is 1. The lowest BCUT2D eigenvalue weighted by Gasteiger charge is -2.18. The third-order valence-electron chi connectivity index (χ3n) is 4.57. The van der Waals surface area contributed by atoms with E-state index >= 15 is 0 Å². The third-order valence-corrected chi connectivity index (χ3v) is 4.57. The van der Waals surface area contributed by atoms with Crippen LogP contribution >= 0.6 is 0 Å². The number of hydrogen-bond acceptors (Lipinski definition) is 3. The van der Waals surface area contributed by atoms with E-state index in [-0.39, 0.29) is 0 Å². The highest BCUT2D eigenvalue weighted by molar-refractivity contribution is 5.56. The van der Waals surface area contributed by atoms with E-state index in [1.165, 1.54) is 5.69 Å². The first-order chi connectivity index (χ1) is 10.1. The zero-order chi connectivity index (χ0) is 15.0. The first kappa shape index (κ1) is 14.4. The summed E-state index contributed by atoms with van der Waals surface area (Å²) in [5, 5.41) is 3.54. The van der Waals surface area contributed by atoms with Crippen molar-refractivity contribution in [1.82, 2.24) is 14.7 Å². The Bertz CT molecular complexity index is 606. The van der Waals surface area contributed by atoms with E-state index in [4.69, 9.17) is 4.98 Å². The molecule has 2 unspecified atom stereocenters. The molecule has 0 bridgehead atoms. The van der Waals surface area contributed by atoms with Crippen molar-refractivity contribution in [1.29, 1.82) is 0 Å². The van der Waals surface area contributed by atoms with Gasteiger partial charge in [-0.05, 0) is 24.0 Å². The van der Waals surface area contributed by atoms with Crippen LogP contribution in [0, 0.1) is 11.8 Å². The minimum atomic E-state index is 0.475. The van der Waals surface area contributed by atoms with Crippen LogP contribution in [0.1, 0.15) is 33.4 Å². The van der Waals surface area contributed by atoms with Gasteiger partial charge < -0.3 is 14.6 Å². The molecule has 0 radical (unpaired) electrons. The van der Waals surface area contributed by atoms with Gasteiger partial charge in [-0.2, -0.15) is 0 Å². The maximum Gasteiger partial charge on any atom is 0.152 e. The van der Waals surface area contributed by atoms with Gasteiger partial charge >= 0.3 is 0 Å². The molecule has 1 aliphatic heterocycles. The molecule has 4 heteroatoms. The molecule has 1 saturated heterocycles. The Kier molecular flexibility index (Phi) is 3.89.